The van der Waals surface area contributed by atoms with Crippen LogP contribution in [0.3, 0.4) is 0 Å². The first-order chi connectivity index (χ1) is 60.2. The Morgan fingerprint density at radius 2 is 0.805 bits per heavy atom. The molecule has 0 aliphatic carbocycles. The quantitative estimate of drug-likeness (QED) is 0.0755. The van der Waals surface area contributed by atoms with Crippen LogP contribution in [-0.4, -0.2) is 128 Å². The maximum atomic E-state index is 11.8. The molecule has 2 fully saturated rings. The van der Waals surface area contributed by atoms with Crippen molar-refractivity contribution in [1.82, 2.24) is 37.4 Å². The van der Waals surface area contributed by atoms with Crippen molar-refractivity contribution in [3.63, 3.8) is 0 Å². The molecule has 0 radical (unpaired) electrons. The van der Waals surface area contributed by atoms with E-state index in [4.69, 9.17) is 72.4 Å². The van der Waals surface area contributed by atoms with E-state index < -0.39 is 20.2 Å². The molecule has 8 aromatic carbocycles. The summed E-state index contributed by atoms with van der Waals surface area (Å²) >= 11 is 16.7. The Balaban J connectivity index is 0.000000158. The van der Waals surface area contributed by atoms with Crippen LogP contribution in [0.15, 0.2) is 202 Å². The van der Waals surface area contributed by atoms with E-state index in [1.807, 2.05) is 129 Å². The summed E-state index contributed by atoms with van der Waals surface area (Å²) in [4.78, 5) is 51.4. The van der Waals surface area contributed by atoms with Crippen LogP contribution >= 0.6 is 89.6 Å². The van der Waals surface area contributed by atoms with E-state index in [0.717, 1.165) is 140 Å². The van der Waals surface area contributed by atoms with Gasteiger partial charge in [0.2, 0.25) is 13.9 Å². The largest absolute Gasteiger partial charge is 1.00 e. The molecule has 17 aromatic rings. The van der Waals surface area contributed by atoms with Crippen LogP contribution in [0.2, 0.25) is 4.47 Å². The summed E-state index contributed by atoms with van der Waals surface area (Å²) < 4.78 is 73.7. The first-order valence-corrected chi connectivity index (χ1v) is 45.2. The molecule has 128 heavy (non-hydrogen) atoms. The van der Waals surface area contributed by atoms with Crippen molar-refractivity contribution in [2.24, 2.45) is 0 Å². The van der Waals surface area contributed by atoms with E-state index in [-0.39, 0.29) is 58.7 Å². The first-order valence-electron chi connectivity index (χ1n) is 40.1. The number of aryl methyl sites for hydroxylation is 10. The second kappa shape index (κ2) is 44.9. The molecule has 0 amide bonds. The number of benzene rings is 8. The standard InChI is InChI=1S/C21H18N2O3S.C19H14N2O3S.C15H21BO4.C12H9BrN2OS.C10H11BO3.C10H10O.C4H8O.C2BrClN2S.Li.H2O/c1-4-25-21(24)15-9-7-14(8-10-15)19-22-20(27-23-19)17-11-16-12(2)5-6-13(3)18(16)26-17;1-10-3-4-11(2)16-14(10)9-15(24-16)18-20-17(21-25-18)12-5-7-13(8-6-12)19(22)23;1-6-18-13(17)11-7-9-12(10-8-11)16-19-14(2,3)15(4,5)20-16;1-6-3-4-7(2)10-8(6)5-9(16-10)11-14-12(13)15-17-11;1-6-3-4-7(2)10-8(6)5-9(14-10)11(12)13;1-7-3-4-8(2)10-9(7)5-6-11-10;1-2-4-5-3-1;3-1-5-2(4)7-6-1;;/h5-11H,4H2,1-3H3;3-9H,1-2H3,(H,22,23);7-10H,6H2,1-5H3;3-5H,1-2H3;3-5,12-13H,1-2H3;3-6H,1-2H3;1-4H2;;;1H2/q;;;;;;;;+1;/p-1. The first kappa shape index (κ1) is 100.0. The van der Waals surface area contributed by atoms with Gasteiger partial charge in [-0.05, 0) is 341 Å². The zero-order valence-corrected chi connectivity index (χ0v) is 80.7. The van der Waals surface area contributed by atoms with Crippen LogP contribution < -0.4 is 30.0 Å². The molecule has 658 valence electrons. The Morgan fingerprint density at radius 3 is 1.13 bits per heavy atom. The molecule has 0 saturated carbocycles. The van der Waals surface area contributed by atoms with Crippen molar-refractivity contribution in [2.45, 2.75) is 135 Å². The van der Waals surface area contributed by atoms with Gasteiger partial charge in [-0.15, -0.1) is 0 Å². The van der Waals surface area contributed by atoms with E-state index in [1.165, 1.54) is 75.1 Å². The number of carbonyl (C=O) groups is 3. The number of carboxylic acid groups (broad SMARTS) is 1. The number of rotatable bonds is 12. The van der Waals surface area contributed by atoms with Gasteiger partial charge in [-0.3, -0.25) is 0 Å². The van der Waals surface area contributed by atoms with Gasteiger partial charge in [0, 0.05) is 51.3 Å². The number of nitrogens with zero attached hydrogens (tertiary/aromatic N) is 8. The van der Waals surface area contributed by atoms with Crippen molar-refractivity contribution in [2.75, 3.05) is 26.4 Å². The van der Waals surface area contributed by atoms with E-state index in [9.17, 15) is 14.4 Å². The van der Waals surface area contributed by atoms with Gasteiger partial charge in [0.05, 0.1) is 47.4 Å². The zero-order valence-electron chi connectivity index (χ0n) is 73.5. The number of fused-ring (bicyclic) bond motifs is 5. The van der Waals surface area contributed by atoms with Crippen molar-refractivity contribution in [3.8, 4) is 55.1 Å². The number of esters is 2. The third-order valence-corrected chi connectivity index (χ3v) is 24.9. The van der Waals surface area contributed by atoms with Gasteiger partial charge in [-0.25, -0.2) is 29.3 Å². The van der Waals surface area contributed by atoms with Crippen LogP contribution in [0.5, 0.6) is 0 Å². The van der Waals surface area contributed by atoms with Crippen LogP contribution in [0.4, 0.5) is 0 Å². The van der Waals surface area contributed by atoms with Gasteiger partial charge in [0.25, 0.3) is 0 Å². The molecule has 2 saturated heterocycles. The molecular formula is C93H92B2Br2ClLiN8O17S4. The molecule has 2 aliphatic rings. The summed E-state index contributed by atoms with van der Waals surface area (Å²) in [5.74, 6) is 1.77. The number of aromatic nitrogens is 8. The van der Waals surface area contributed by atoms with E-state index >= 15 is 0 Å². The molecule has 25 nitrogen and oxygen atoms in total. The monoisotopic (exact) mass is 1940 g/mol. The average molecular weight is 1950 g/mol. The summed E-state index contributed by atoms with van der Waals surface area (Å²) in [6, 6.07) is 51.1. The number of carbonyl (C=O) groups excluding carboxylic acids is 2. The minimum absolute atomic E-state index is 0. The fourth-order valence-electron chi connectivity index (χ4n) is 13.0. The maximum Gasteiger partial charge on any atom is 1.00 e. The molecule has 0 atom stereocenters. The number of aromatic carboxylic acids is 1. The molecule has 0 unspecified atom stereocenters. The van der Waals surface area contributed by atoms with Gasteiger partial charge in [-0.2, -0.15) is 22.5 Å². The zero-order chi connectivity index (χ0) is 90.4. The molecule has 0 bridgehead atoms. The maximum absolute atomic E-state index is 11.8. The Bertz CT molecular complexity index is 6430. The Morgan fingerprint density at radius 1 is 0.453 bits per heavy atom. The third kappa shape index (κ3) is 24.7. The van der Waals surface area contributed by atoms with Gasteiger partial charge in [0.1, 0.15) is 33.6 Å². The number of carboxylic acids is 1. The van der Waals surface area contributed by atoms with Crippen LogP contribution in [0.1, 0.15) is 141 Å². The number of hydrogen-bond donors (Lipinski definition) is 3. The van der Waals surface area contributed by atoms with E-state index in [2.05, 4.69) is 146 Å². The van der Waals surface area contributed by atoms with E-state index in [1.54, 1.807) is 74.7 Å². The molecule has 19 rings (SSSR count). The minimum atomic E-state index is -1.54. The third-order valence-electron chi connectivity index (χ3n) is 20.8. The van der Waals surface area contributed by atoms with Crippen molar-refractivity contribution < 1.29 is 99.5 Å². The average Bonchev–Trinajstić information content (AvgIpc) is 1.62. The predicted molar refractivity (Wildman–Crippen MR) is 509 cm³/mol. The minimum Gasteiger partial charge on any atom is -0.870 e. The second-order valence-electron chi connectivity index (χ2n) is 30.4. The summed E-state index contributed by atoms with van der Waals surface area (Å²) in [5, 5.41) is 34.6. The summed E-state index contributed by atoms with van der Waals surface area (Å²) in [5.41, 5.74) is 19.1. The number of halogens is 3. The summed E-state index contributed by atoms with van der Waals surface area (Å²) in [7, 11) is -1.95. The number of ether oxygens (including phenoxy) is 3. The smallest absolute Gasteiger partial charge is 0.870 e. The van der Waals surface area contributed by atoms with Crippen LogP contribution in [0, 0.1) is 69.2 Å². The van der Waals surface area contributed by atoms with E-state index in [0.29, 0.717) is 66.5 Å². The Kier molecular flexibility index (Phi) is 35.1. The molecule has 35 heteroatoms. The molecule has 11 heterocycles. The SMILES string of the molecule is C1CCOC1.CCOC(=O)c1ccc(-c2nsc(-c3cc4c(C)ccc(C)c4o3)n2)cc1.CCOC(=O)c1ccc(B2OC(C)(C)C(C)(C)O2)cc1.Cc1ccc(C)c2oc(-c3nc(-c4ccc(C(=O)O)cc4)ns3)cc12.Cc1ccc(C)c2oc(-c3nc(Br)ns3)cc12.Cc1ccc(C)c2oc(B(O)O)cc12.Cc1ccc(C)c2occc12.Clc1nc(Br)ns1.[Li+].[OH-]. The van der Waals surface area contributed by atoms with Crippen molar-refractivity contribution in [3.05, 3.63) is 256 Å². The molecule has 2 aliphatic heterocycles. The summed E-state index contributed by atoms with van der Waals surface area (Å²) in [6.45, 7) is 34.7. The molecule has 0 spiro atoms. The fourth-order valence-corrected chi connectivity index (χ4v) is 16.4. The van der Waals surface area contributed by atoms with Gasteiger partial charge in [0.15, 0.2) is 44.0 Å². The van der Waals surface area contributed by atoms with Gasteiger partial charge < -0.3 is 66.2 Å². The fraction of sp³-hybridized carbons (Fsp3) is 0.258. The van der Waals surface area contributed by atoms with Crippen molar-refractivity contribution >= 4 is 188 Å². The topological polar surface area (TPSA) is 357 Å². The molecule has 9 aromatic heterocycles. The summed E-state index contributed by atoms with van der Waals surface area (Å²) in [6.07, 6.45) is 4.30. The number of hydrogen-bond acceptors (Lipinski definition) is 28. The molecular weight excluding hydrogens is 1850 g/mol. The second-order valence-corrected chi connectivity index (χ2v) is 35.5. The van der Waals surface area contributed by atoms with Gasteiger partial charge in [-0.1, -0.05) is 97.1 Å². The molecule has 4 N–H and O–H groups in total. The van der Waals surface area contributed by atoms with Crippen LogP contribution in [0.25, 0.3) is 110 Å². The van der Waals surface area contributed by atoms with Crippen LogP contribution in [-0.2, 0) is 23.5 Å². The Labute approximate surface area is 790 Å². The number of furan rings is 5. The van der Waals surface area contributed by atoms with Gasteiger partial charge >= 0.3 is 51.0 Å². The normalized spacial score (nSPS) is 12.7. The predicted octanol–water partition coefficient (Wildman–Crippen LogP) is 20.2. The Hall–Kier alpha value is -10.2. The van der Waals surface area contributed by atoms with Crippen molar-refractivity contribution in [1.29, 1.82) is 0 Å².